The molecule has 19 heavy (non-hydrogen) atoms. The number of nitrogens with zero attached hydrogens (tertiary/aromatic N) is 1. The maximum absolute atomic E-state index is 11.5. The van der Waals surface area contributed by atoms with E-state index in [4.69, 9.17) is 9.47 Å². The standard InChI is InChI=1S/C15H21NO3/c1-4-11-9-12(15(17)18-3)5-6-14(11)19-13-7-8-16(2)10-13/h5-6,9,13H,4,7-8,10H2,1-3H3. The summed E-state index contributed by atoms with van der Waals surface area (Å²) >= 11 is 0. The summed E-state index contributed by atoms with van der Waals surface area (Å²) in [5.74, 6) is 0.581. The van der Waals surface area contributed by atoms with Crippen LogP contribution in [0.15, 0.2) is 18.2 Å². The van der Waals surface area contributed by atoms with Crippen molar-refractivity contribution >= 4 is 5.97 Å². The first kappa shape index (κ1) is 13.9. The molecular weight excluding hydrogens is 242 g/mol. The molecule has 0 bridgehead atoms. The predicted octanol–water partition coefficient (Wildman–Crippen LogP) is 2.12. The number of benzene rings is 1. The average Bonchev–Trinajstić information content (AvgIpc) is 2.83. The van der Waals surface area contributed by atoms with Crippen LogP contribution in [0.3, 0.4) is 0 Å². The summed E-state index contributed by atoms with van der Waals surface area (Å²) in [6.07, 6.45) is 2.14. The first-order valence-electron chi connectivity index (χ1n) is 6.70. The first-order valence-corrected chi connectivity index (χ1v) is 6.70. The SMILES string of the molecule is CCc1cc(C(=O)OC)ccc1OC1CCN(C)C1. The van der Waals surface area contributed by atoms with E-state index in [0.717, 1.165) is 37.2 Å². The van der Waals surface area contributed by atoms with Crippen molar-refractivity contribution in [2.24, 2.45) is 0 Å². The molecule has 104 valence electrons. The van der Waals surface area contributed by atoms with Gasteiger partial charge in [-0.05, 0) is 43.7 Å². The Labute approximate surface area is 114 Å². The van der Waals surface area contributed by atoms with E-state index in [9.17, 15) is 4.79 Å². The van der Waals surface area contributed by atoms with E-state index in [1.807, 2.05) is 12.1 Å². The molecule has 1 aliphatic rings. The number of carbonyl (C=O) groups excluding carboxylic acids is 1. The summed E-state index contributed by atoms with van der Waals surface area (Å²) in [4.78, 5) is 13.8. The number of carbonyl (C=O) groups is 1. The van der Waals surface area contributed by atoms with Crippen molar-refractivity contribution in [3.05, 3.63) is 29.3 Å². The zero-order chi connectivity index (χ0) is 13.8. The highest BCUT2D eigenvalue weighted by Crippen LogP contribution is 2.24. The lowest BCUT2D eigenvalue weighted by Gasteiger charge is -2.17. The van der Waals surface area contributed by atoms with Crippen LogP contribution in [0.4, 0.5) is 0 Å². The molecule has 2 rings (SSSR count). The van der Waals surface area contributed by atoms with Crippen molar-refractivity contribution in [3.63, 3.8) is 0 Å². The summed E-state index contributed by atoms with van der Waals surface area (Å²) in [6, 6.07) is 5.50. The van der Waals surface area contributed by atoms with Crippen molar-refractivity contribution < 1.29 is 14.3 Å². The Morgan fingerprint density at radius 2 is 2.26 bits per heavy atom. The third-order valence-electron chi connectivity index (χ3n) is 3.50. The normalized spacial score (nSPS) is 19.4. The fraction of sp³-hybridized carbons (Fsp3) is 0.533. The van der Waals surface area contributed by atoms with E-state index in [1.165, 1.54) is 7.11 Å². The summed E-state index contributed by atoms with van der Waals surface area (Å²) in [5, 5.41) is 0. The van der Waals surface area contributed by atoms with Crippen molar-refractivity contribution in [1.29, 1.82) is 0 Å². The van der Waals surface area contributed by atoms with Gasteiger partial charge in [0.05, 0.1) is 12.7 Å². The highest BCUT2D eigenvalue weighted by molar-refractivity contribution is 5.89. The molecule has 1 heterocycles. The minimum absolute atomic E-state index is 0.249. The highest BCUT2D eigenvalue weighted by Gasteiger charge is 2.22. The van der Waals surface area contributed by atoms with Crippen molar-refractivity contribution in [2.75, 3.05) is 27.2 Å². The van der Waals surface area contributed by atoms with Crippen LogP contribution < -0.4 is 4.74 Å². The van der Waals surface area contributed by atoms with Crippen LogP contribution >= 0.6 is 0 Å². The second-order valence-electron chi connectivity index (χ2n) is 4.96. The number of esters is 1. The van der Waals surface area contributed by atoms with Gasteiger partial charge in [-0.1, -0.05) is 6.92 Å². The lowest BCUT2D eigenvalue weighted by Crippen LogP contribution is -2.22. The van der Waals surface area contributed by atoms with Crippen LogP contribution in [0, 0.1) is 0 Å². The third-order valence-corrected chi connectivity index (χ3v) is 3.50. The van der Waals surface area contributed by atoms with Gasteiger partial charge < -0.3 is 14.4 Å². The molecule has 0 N–H and O–H groups in total. The molecule has 1 aromatic rings. The minimum Gasteiger partial charge on any atom is -0.489 e. The van der Waals surface area contributed by atoms with Crippen LogP contribution in [0.1, 0.15) is 29.3 Å². The van der Waals surface area contributed by atoms with E-state index in [-0.39, 0.29) is 12.1 Å². The molecule has 1 aromatic carbocycles. The lowest BCUT2D eigenvalue weighted by atomic mass is 10.1. The van der Waals surface area contributed by atoms with E-state index in [0.29, 0.717) is 5.56 Å². The van der Waals surface area contributed by atoms with Crippen LogP contribution in [0.25, 0.3) is 0 Å². The Kier molecular flexibility index (Phi) is 4.43. The number of rotatable bonds is 4. The quantitative estimate of drug-likeness (QED) is 0.780. The zero-order valence-electron chi connectivity index (χ0n) is 11.8. The molecule has 1 saturated heterocycles. The Morgan fingerprint density at radius 3 is 2.84 bits per heavy atom. The summed E-state index contributed by atoms with van der Waals surface area (Å²) < 4.78 is 10.8. The van der Waals surface area contributed by atoms with Crippen LogP contribution in [0.2, 0.25) is 0 Å². The van der Waals surface area contributed by atoms with Gasteiger partial charge >= 0.3 is 5.97 Å². The number of hydrogen-bond acceptors (Lipinski definition) is 4. The van der Waals surface area contributed by atoms with Crippen LogP contribution in [-0.4, -0.2) is 44.2 Å². The Bertz CT molecular complexity index is 459. The van der Waals surface area contributed by atoms with E-state index < -0.39 is 0 Å². The minimum atomic E-state index is -0.304. The highest BCUT2D eigenvalue weighted by atomic mass is 16.5. The van der Waals surface area contributed by atoms with Gasteiger partial charge in [0.25, 0.3) is 0 Å². The molecule has 0 amide bonds. The van der Waals surface area contributed by atoms with Gasteiger partial charge in [0.1, 0.15) is 11.9 Å². The molecule has 0 spiro atoms. The van der Waals surface area contributed by atoms with Crippen molar-refractivity contribution in [2.45, 2.75) is 25.9 Å². The lowest BCUT2D eigenvalue weighted by molar-refractivity contribution is 0.0600. The van der Waals surface area contributed by atoms with Gasteiger partial charge in [-0.2, -0.15) is 0 Å². The van der Waals surface area contributed by atoms with Gasteiger partial charge in [-0.15, -0.1) is 0 Å². The fourth-order valence-electron chi connectivity index (χ4n) is 2.39. The number of aryl methyl sites for hydroxylation is 1. The number of likely N-dealkylation sites (tertiary alicyclic amines) is 1. The van der Waals surface area contributed by atoms with Gasteiger partial charge in [0, 0.05) is 13.1 Å². The summed E-state index contributed by atoms with van der Waals surface area (Å²) in [5.41, 5.74) is 1.63. The predicted molar refractivity (Wildman–Crippen MR) is 73.7 cm³/mol. The second kappa shape index (κ2) is 6.06. The molecule has 0 saturated carbocycles. The molecule has 4 heteroatoms. The first-order chi connectivity index (χ1) is 9.13. The molecule has 0 aliphatic carbocycles. The molecule has 0 radical (unpaired) electrons. The molecular formula is C15H21NO3. The van der Waals surface area contributed by atoms with Gasteiger partial charge in [0.2, 0.25) is 0 Å². The zero-order valence-corrected chi connectivity index (χ0v) is 11.8. The number of likely N-dealkylation sites (N-methyl/N-ethyl adjacent to an activating group) is 1. The Balaban J connectivity index is 2.14. The molecule has 1 atom stereocenters. The largest absolute Gasteiger partial charge is 0.489 e. The van der Waals surface area contributed by atoms with Gasteiger partial charge in [-0.3, -0.25) is 0 Å². The molecule has 0 aromatic heterocycles. The maximum Gasteiger partial charge on any atom is 0.337 e. The average molecular weight is 263 g/mol. The number of ether oxygens (including phenoxy) is 2. The van der Waals surface area contributed by atoms with Gasteiger partial charge in [0.15, 0.2) is 0 Å². The molecule has 1 unspecified atom stereocenters. The second-order valence-corrected chi connectivity index (χ2v) is 4.96. The number of methoxy groups -OCH3 is 1. The van der Waals surface area contributed by atoms with E-state index >= 15 is 0 Å². The van der Waals surface area contributed by atoms with Gasteiger partial charge in [-0.25, -0.2) is 4.79 Å². The monoisotopic (exact) mass is 263 g/mol. The smallest absolute Gasteiger partial charge is 0.337 e. The maximum atomic E-state index is 11.5. The van der Waals surface area contributed by atoms with Crippen LogP contribution in [0.5, 0.6) is 5.75 Å². The number of hydrogen-bond donors (Lipinski definition) is 0. The van der Waals surface area contributed by atoms with Crippen LogP contribution in [-0.2, 0) is 11.2 Å². The van der Waals surface area contributed by atoms with E-state index in [2.05, 4.69) is 18.9 Å². The van der Waals surface area contributed by atoms with Crippen molar-refractivity contribution in [3.8, 4) is 5.75 Å². The Hall–Kier alpha value is -1.55. The topological polar surface area (TPSA) is 38.8 Å². The van der Waals surface area contributed by atoms with E-state index in [1.54, 1.807) is 6.07 Å². The summed E-state index contributed by atoms with van der Waals surface area (Å²) in [6.45, 7) is 4.10. The molecule has 1 aliphatic heterocycles. The fourth-order valence-corrected chi connectivity index (χ4v) is 2.39. The molecule has 4 nitrogen and oxygen atoms in total. The summed E-state index contributed by atoms with van der Waals surface area (Å²) in [7, 11) is 3.50. The third kappa shape index (κ3) is 3.26. The Morgan fingerprint density at radius 1 is 1.47 bits per heavy atom. The molecule has 1 fully saturated rings. The van der Waals surface area contributed by atoms with Crippen molar-refractivity contribution in [1.82, 2.24) is 4.90 Å².